The molecular weight excluding hydrogens is 586 g/mol. The van der Waals surface area contributed by atoms with Crippen LogP contribution < -0.4 is 10.6 Å². The van der Waals surface area contributed by atoms with Crippen LogP contribution in [0.4, 0.5) is 10.5 Å². The predicted octanol–water partition coefficient (Wildman–Crippen LogP) is 3.92. The van der Waals surface area contributed by atoms with Gasteiger partial charge in [-0.15, -0.1) is 0 Å². The monoisotopic (exact) mass is 631 g/mol. The Labute approximate surface area is 260 Å². The van der Waals surface area contributed by atoms with Crippen molar-refractivity contribution in [3.63, 3.8) is 0 Å². The van der Waals surface area contributed by atoms with Crippen molar-refractivity contribution in [1.82, 2.24) is 9.62 Å². The Bertz CT molecular complexity index is 1420. The fourth-order valence-electron chi connectivity index (χ4n) is 5.97. The predicted molar refractivity (Wildman–Crippen MR) is 165 cm³/mol. The molecule has 2 aliphatic rings. The van der Waals surface area contributed by atoms with Crippen molar-refractivity contribution in [2.45, 2.75) is 82.8 Å². The van der Waals surface area contributed by atoms with E-state index < -0.39 is 45.1 Å². The molecular formula is C32H45N3O8S. The lowest BCUT2D eigenvalue weighted by Gasteiger charge is -2.40. The molecule has 2 amide bonds. The molecule has 44 heavy (non-hydrogen) atoms. The number of aliphatic hydroxyl groups is 1. The summed E-state index contributed by atoms with van der Waals surface area (Å²) < 4.78 is 46.6. The summed E-state index contributed by atoms with van der Waals surface area (Å²) >= 11 is 0. The minimum atomic E-state index is -4.04. The molecule has 0 saturated carbocycles. The second-order valence-corrected chi connectivity index (χ2v) is 14.7. The van der Waals surface area contributed by atoms with Crippen LogP contribution in [0.1, 0.15) is 53.5 Å². The van der Waals surface area contributed by atoms with E-state index in [-0.39, 0.29) is 42.8 Å². The molecule has 2 saturated heterocycles. The molecule has 2 aromatic carbocycles. The van der Waals surface area contributed by atoms with Crippen LogP contribution in [-0.2, 0) is 35.4 Å². The van der Waals surface area contributed by atoms with E-state index in [9.17, 15) is 23.1 Å². The summed E-state index contributed by atoms with van der Waals surface area (Å²) in [6.45, 7) is 11.3. The Morgan fingerprint density at radius 2 is 1.68 bits per heavy atom. The van der Waals surface area contributed by atoms with E-state index in [0.29, 0.717) is 18.7 Å². The summed E-state index contributed by atoms with van der Waals surface area (Å²) in [7, 11) is -4.04. The first-order valence-electron chi connectivity index (χ1n) is 15.0. The van der Waals surface area contributed by atoms with Gasteiger partial charge < -0.3 is 30.0 Å². The largest absolute Gasteiger partial charge is 0.440 e. The number of sulfonamides is 1. The summed E-state index contributed by atoms with van der Waals surface area (Å²) in [4.78, 5) is 24.8. The highest BCUT2D eigenvalue weighted by atomic mass is 32.2. The van der Waals surface area contributed by atoms with Crippen molar-refractivity contribution in [2.24, 2.45) is 11.3 Å². The van der Waals surface area contributed by atoms with Gasteiger partial charge in [0.1, 0.15) is 5.60 Å². The van der Waals surface area contributed by atoms with E-state index in [2.05, 4.69) is 10.6 Å². The number of benzene rings is 2. The zero-order valence-electron chi connectivity index (χ0n) is 26.3. The van der Waals surface area contributed by atoms with Crippen LogP contribution in [0.15, 0.2) is 59.5 Å². The molecule has 2 aromatic rings. The maximum Gasteiger partial charge on any atom is 0.408 e. The quantitative estimate of drug-likeness (QED) is 0.320. The Hall–Kier alpha value is -3.03. The number of hydrogen-bond donors (Lipinski definition) is 3. The summed E-state index contributed by atoms with van der Waals surface area (Å²) in [5.41, 5.74) is -0.246. The molecule has 0 unspecified atom stereocenters. The smallest absolute Gasteiger partial charge is 0.408 e. The number of hydrogen-bond acceptors (Lipinski definition) is 8. The molecule has 2 fully saturated rings. The van der Waals surface area contributed by atoms with Crippen molar-refractivity contribution in [3.05, 3.63) is 60.2 Å². The highest BCUT2D eigenvalue weighted by molar-refractivity contribution is 7.89. The lowest BCUT2D eigenvalue weighted by molar-refractivity contribution is -0.203. The molecule has 2 aliphatic heterocycles. The fraction of sp³-hybridized carbons (Fsp3) is 0.562. The molecule has 0 radical (unpaired) electrons. The molecule has 0 bridgehead atoms. The number of nitrogens with one attached hydrogen (secondary N) is 2. The minimum absolute atomic E-state index is 0.0238. The zero-order chi connectivity index (χ0) is 32.3. The first-order valence-corrected chi connectivity index (χ1v) is 16.4. The number of rotatable bonds is 12. The van der Waals surface area contributed by atoms with Crippen molar-refractivity contribution in [1.29, 1.82) is 0 Å². The lowest BCUT2D eigenvalue weighted by Crippen LogP contribution is -2.55. The van der Waals surface area contributed by atoms with Gasteiger partial charge in [0.25, 0.3) is 0 Å². The average molecular weight is 632 g/mol. The zero-order valence-corrected chi connectivity index (χ0v) is 27.1. The third-order valence-electron chi connectivity index (χ3n) is 8.93. The van der Waals surface area contributed by atoms with E-state index >= 15 is 0 Å². The minimum Gasteiger partial charge on any atom is -0.440 e. The van der Waals surface area contributed by atoms with Crippen LogP contribution in [0.25, 0.3) is 0 Å². The molecule has 0 aromatic heterocycles. The van der Waals surface area contributed by atoms with Gasteiger partial charge in [-0.3, -0.25) is 4.79 Å². The van der Waals surface area contributed by atoms with Crippen molar-refractivity contribution < 1.29 is 37.3 Å². The van der Waals surface area contributed by atoms with Crippen LogP contribution in [0.3, 0.4) is 0 Å². The highest BCUT2D eigenvalue weighted by Crippen LogP contribution is 2.57. The van der Waals surface area contributed by atoms with Gasteiger partial charge in [0.15, 0.2) is 5.79 Å². The molecule has 2 heterocycles. The number of alkyl carbamates (subject to hydrolysis) is 1. The molecule has 12 heteroatoms. The van der Waals surface area contributed by atoms with Crippen LogP contribution >= 0.6 is 0 Å². The summed E-state index contributed by atoms with van der Waals surface area (Å²) in [6, 6.07) is 14.3. The number of carbonyl (C=O) groups excluding carboxylic acids is 2. The normalized spacial score (nSPS) is 26.3. The molecule has 5 atom stereocenters. The van der Waals surface area contributed by atoms with E-state index in [1.807, 2.05) is 65.0 Å². The van der Waals surface area contributed by atoms with E-state index in [4.69, 9.17) is 14.2 Å². The maximum absolute atomic E-state index is 13.8. The van der Waals surface area contributed by atoms with Crippen LogP contribution in [0.2, 0.25) is 0 Å². The van der Waals surface area contributed by atoms with Gasteiger partial charge in [0.05, 0.1) is 35.7 Å². The second kappa shape index (κ2) is 13.1. The van der Waals surface area contributed by atoms with Gasteiger partial charge in [0.2, 0.25) is 15.9 Å². The molecule has 0 spiro atoms. The standard InChI is InChI=1S/C32H45N3O8S/c1-22(2)19-35(44(39,40)26-14-12-25(13-15-26)33-23(3)36)20-28(37)27(18-24-10-8-7-9-11-24)34-29(38)43-31(5)21-42-32(6)30(31,4)16-17-41-32/h7-15,22,27-28,37H,16-21H2,1-6H3,(H,33,36)(H,34,38)/t27-,28+,30-,31-,32+/m0/s1. The van der Waals surface area contributed by atoms with Crippen LogP contribution in [0.5, 0.6) is 0 Å². The van der Waals surface area contributed by atoms with Crippen molar-refractivity contribution in [2.75, 3.05) is 31.6 Å². The first-order chi connectivity index (χ1) is 20.6. The van der Waals surface area contributed by atoms with E-state index in [0.717, 1.165) is 5.56 Å². The number of carbonyl (C=O) groups is 2. The maximum atomic E-state index is 13.8. The fourth-order valence-corrected chi connectivity index (χ4v) is 7.59. The molecule has 0 aliphatic carbocycles. The Morgan fingerprint density at radius 1 is 1.02 bits per heavy atom. The number of nitrogens with zero attached hydrogens (tertiary/aromatic N) is 1. The van der Waals surface area contributed by atoms with Crippen molar-refractivity contribution >= 4 is 27.7 Å². The van der Waals surface area contributed by atoms with Gasteiger partial charge in [-0.05, 0) is 62.4 Å². The second-order valence-electron chi connectivity index (χ2n) is 12.7. The third-order valence-corrected chi connectivity index (χ3v) is 10.8. The SMILES string of the molecule is CC(=O)Nc1ccc(S(=O)(=O)N(CC(C)C)C[C@@H](O)[C@H](Cc2ccccc2)NC(=O)O[C@@]2(C)CO[C@@]3(C)OCC[C@]32C)cc1. The third kappa shape index (κ3) is 7.10. The van der Waals surface area contributed by atoms with Gasteiger partial charge in [-0.25, -0.2) is 13.2 Å². The van der Waals surface area contributed by atoms with Crippen molar-refractivity contribution in [3.8, 4) is 0 Å². The summed E-state index contributed by atoms with van der Waals surface area (Å²) in [6.07, 6.45) is -1.13. The average Bonchev–Trinajstić information content (AvgIpc) is 3.35. The van der Waals surface area contributed by atoms with E-state index in [1.54, 1.807) is 0 Å². The number of ether oxygens (including phenoxy) is 3. The van der Waals surface area contributed by atoms with E-state index in [1.165, 1.54) is 35.5 Å². The Morgan fingerprint density at radius 3 is 2.30 bits per heavy atom. The first kappa shape index (κ1) is 33.9. The Kier molecular flexibility index (Phi) is 10.1. The topological polar surface area (TPSA) is 144 Å². The number of amides is 2. The Balaban J connectivity index is 1.55. The number of anilines is 1. The lowest BCUT2D eigenvalue weighted by atomic mass is 9.70. The van der Waals surface area contributed by atoms with Gasteiger partial charge in [0, 0.05) is 25.7 Å². The highest BCUT2D eigenvalue weighted by Gasteiger charge is 2.68. The van der Waals surface area contributed by atoms with Gasteiger partial charge in [-0.2, -0.15) is 4.31 Å². The molecule has 3 N–H and O–H groups in total. The van der Waals surface area contributed by atoms with Crippen LogP contribution in [0, 0.1) is 11.3 Å². The van der Waals surface area contributed by atoms with Crippen LogP contribution in [-0.4, -0.2) is 79.7 Å². The molecule has 11 nitrogen and oxygen atoms in total. The van der Waals surface area contributed by atoms with Gasteiger partial charge in [-0.1, -0.05) is 51.1 Å². The molecule has 4 rings (SSSR count). The van der Waals surface area contributed by atoms with Gasteiger partial charge >= 0.3 is 6.09 Å². The summed E-state index contributed by atoms with van der Waals surface area (Å²) in [5.74, 6) is -1.20. The number of fused-ring (bicyclic) bond motifs is 1. The summed E-state index contributed by atoms with van der Waals surface area (Å²) in [5, 5.41) is 17.0. The molecule has 242 valence electrons. The number of aliphatic hydroxyl groups excluding tert-OH is 1.